The standard InChI is InChI=1S/C22H16N2O3/c25-21(15-6-2-1-3-7-15)23-17-10-12-18(13-11-17)27-22(26)20-14-16-8-4-5-9-19(16)24-20/h1-14,24H,(H,23,25). The van der Waals surface area contributed by atoms with E-state index in [0.29, 0.717) is 22.7 Å². The number of ether oxygens (including phenoxy) is 1. The molecule has 4 aromatic rings. The van der Waals surface area contributed by atoms with Gasteiger partial charge in [0.05, 0.1) is 0 Å². The zero-order valence-corrected chi connectivity index (χ0v) is 14.3. The number of benzene rings is 3. The van der Waals surface area contributed by atoms with Gasteiger partial charge in [-0.2, -0.15) is 0 Å². The summed E-state index contributed by atoms with van der Waals surface area (Å²) in [6.45, 7) is 0. The zero-order chi connectivity index (χ0) is 18.6. The molecule has 1 heterocycles. The van der Waals surface area contributed by atoms with E-state index in [-0.39, 0.29) is 5.91 Å². The molecule has 132 valence electrons. The van der Waals surface area contributed by atoms with Crippen molar-refractivity contribution in [3.8, 4) is 5.75 Å². The summed E-state index contributed by atoms with van der Waals surface area (Å²) in [5.74, 6) is -0.262. The van der Waals surface area contributed by atoms with Crippen molar-refractivity contribution in [3.63, 3.8) is 0 Å². The van der Waals surface area contributed by atoms with Crippen molar-refractivity contribution in [2.45, 2.75) is 0 Å². The normalized spacial score (nSPS) is 10.5. The van der Waals surface area contributed by atoms with Crippen molar-refractivity contribution in [3.05, 3.63) is 96.2 Å². The number of anilines is 1. The summed E-state index contributed by atoms with van der Waals surface area (Å²) in [5, 5.41) is 3.75. The number of rotatable bonds is 4. The van der Waals surface area contributed by atoms with Crippen LogP contribution in [0.3, 0.4) is 0 Å². The van der Waals surface area contributed by atoms with Crippen molar-refractivity contribution in [2.75, 3.05) is 5.32 Å². The predicted octanol–water partition coefficient (Wildman–Crippen LogP) is 4.64. The van der Waals surface area contributed by atoms with Crippen LogP contribution in [0.5, 0.6) is 5.75 Å². The van der Waals surface area contributed by atoms with Crippen molar-refractivity contribution in [1.82, 2.24) is 4.98 Å². The predicted molar refractivity (Wildman–Crippen MR) is 104 cm³/mol. The Hall–Kier alpha value is -3.86. The van der Waals surface area contributed by atoms with Crippen LogP contribution in [-0.2, 0) is 0 Å². The number of carbonyl (C=O) groups is 2. The van der Waals surface area contributed by atoms with Gasteiger partial charge in [-0.3, -0.25) is 4.79 Å². The lowest BCUT2D eigenvalue weighted by atomic mass is 10.2. The lowest BCUT2D eigenvalue weighted by Crippen LogP contribution is -2.12. The van der Waals surface area contributed by atoms with Crippen LogP contribution in [0, 0.1) is 0 Å². The molecule has 27 heavy (non-hydrogen) atoms. The van der Waals surface area contributed by atoms with E-state index >= 15 is 0 Å². The summed E-state index contributed by atoms with van der Waals surface area (Å²) >= 11 is 0. The third-order valence-electron chi connectivity index (χ3n) is 4.11. The number of para-hydroxylation sites is 1. The minimum Gasteiger partial charge on any atom is -0.422 e. The van der Waals surface area contributed by atoms with Gasteiger partial charge in [0.1, 0.15) is 11.4 Å². The average molecular weight is 356 g/mol. The van der Waals surface area contributed by atoms with Gasteiger partial charge in [0.15, 0.2) is 0 Å². The fourth-order valence-corrected chi connectivity index (χ4v) is 2.74. The summed E-state index contributed by atoms with van der Waals surface area (Å²) in [6, 6.07) is 25.0. The molecule has 0 radical (unpaired) electrons. The minimum atomic E-state index is -0.465. The molecule has 5 heteroatoms. The molecule has 0 spiro atoms. The molecule has 0 atom stereocenters. The third kappa shape index (κ3) is 3.72. The second-order valence-electron chi connectivity index (χ2n) is 6.00. The number of hydrogen-bond donors (Lipinski definition) is 2. The van der Waals surface area contributed by atoms with E-state index in [9.17, 15) is 9.59 Å². The maximum absolute atomic E-state index is 12.3. The monoisotopic (exact) mass is 356 g/mol. The average Bonchev–Trinajstić information content (AvgIpc) is 3.14. The quantitative estimate of drug-likeness (QED) is 0.413. The van der Waals surface area contributed by atoms with Gasteiger partial charge in [-0.05, 0) is 48.5 Å². The highest BCUT2D eigenvalue weighted by molar-refractivity contribution is 6.04. The fraction of sp³-hybridized carbons (Fsp3) is 0. The first kappa shape index (κ1) is 16.6. The van der Waals surface area contributed by atoms with E-state index in [1.165, 1.54) is 0 Å². The van der Waals surface area contributed by atoms with Crippen LogP contribution >= 0.6 is 0 Å². The second-order valence-corrected chi connectivity index (χ2v) is 6.00. The zero-order valence-electron chi connectivity index (χ0n) is 14.3. The largest absolute Gasteiger partial charge is 0.422 e. The maximum atomic E-state index is 12.3. The van der Waals surface area contributed by atoms with Gasteiger partial charge in [-0.25, -0.2) is 4.79 Å². The SMILES string of the molecule is O=C(Nc1ccc(OC(=O)c2cc3ccccc3[nH]2)cc1)c1ccccc1. The fourth-order valence-electron chi connectivity index (χ4n) is 2.74. The van der Waals surface area contributed by atoms with Gasteiger partial charge in [0.25, 0.3) is 5.91 Å². The second kappa shape index (κ2) is 7.17. The van der Waals surface area contributed by atoms with E-state index < -0.39 is 5.97 Å². The third-order valence-corrected chi connectivity index (χ3v) is 4.11. The first-order valence-corrected chi connectivity index (χ1v) is 8.45. The highest BCUT2D eigenvalue weighted by atomic mass is 16.5. The summed E-state index contributed by atoms with van der Waals surface area (Å²) in [4.78, 5) is 27.5. The molecule has 5 nitrogen and oxygen atoms in total. The smallest absolute Gasteiger partial charge is 0.360 e. The van der Waals surface area contributed by atoms with Crippen molar-refractivity contribution < 1.29 is 14.3 Å². The van der Waals surface area contributed by atoms with Crippen LogP contribution in [0.15, 0.2) is 84.9 Å². The maximum Gasteiger partial charge on any atom is 0.360 e. The van der Waals surface area contributed by atoms with Crippen molar-refractivity contribution in [2.24, 2.45) is 0 Å². The van der Waals surface area contributed by atoms with E-state index in [0.717, 1.165) is 10.9 Å². The number of carbonyl (C=O) groups excluding carboxylic acids is 2. The number of amides is 1. The Kier molecular flexibility index (Phi) is 4.41. The van der Waals surface area contributed by atoms with Gasteiger partial charge < -0.3 is 15.0 Å². The summed E-state index contributed by atoms with van der Waals surface area (Å²) in [7, 11) is 0. The number of aromatic amines is 1. The lowest BCUT2D eigenvalue weighted by molar-refractivity contribution is 0.0729. The topological polar surface area (TPSA) is 71.2 Å². The van der Waals surface area contributed by atoms with Gasteiger partial charge >= 0.3 is 5.97 Å². The molecule has 1 amide bonds. The van der Waals surface area contributed by atoms with E-state index in [4.69, 9.17) is 4.74 Å². The molecule has 0 aliphatic heterocycles. The molecule has 0 bridgehead atoms. The number of esters is 1. The van der Waals surface area contributed by atoms with Gasteiger partial charge in [0, 0.05) is 22.2 Å². The van der Waals surface area contributed by atoms with Gasteiger partial charge in [0.2, 0.25) is 0 Å². The Bertz CT molecular complexity index is 1070. The van der Waals surface area contributed by atoms with Crippen molar-refractivity contribution >= 4 is 28.5 Å². The number of aromatic nitrogens is 1. The van der Waals surface area contributed by atoms with E-state index in [1.54, 1.807) is 42.5 Å². The summed E-state index contributed by atoms with van der Waals surface area (Å²) in [6.07, 6.45) is 0. The Balaban J connectivity index is 1.43. The number of H-pyrrole nitrogens is 1. The Morgan fingerprint density at radius 3 is 2.26 bits per heavy atom. The van der Waals surface area contributed by atoms with Crippen LogP contribution in [0.2, 0.25) is 0 Å². The number of nitrogens with one attached hydrogen (secondary N) is 2. The molecule has 4 rings (SSSR count). The Morgan fingerprint density at radius 2 is 1.52 bits per heavy atom. The first-order valence-electron chi connectivity index (χ1n) is 8.45. The highest BCUT2D eigenvalue weighted by Crippen LogP contribution is 2.20. The van der Waals surface area contributed by atoms with Crippen LogP contribution in [0.1, 0.15) is 20.8 Å². The lowest BCUT2D eigenvalue weighted by Gasteiger charge is -2.07. The highest BCUT2D eigenvalue weighted by Gasteiger charge is 2.12. The molecular formula is C22H16N2O3. The molecule has 0 unspecified atom stereocenters. The molecule has 0 aliphatic carbocycles. The molecule has 0 fully saturated rings. The molecule has 0 aliphatic rings. The van der Waals surface area contributed by atoms with Crippen LogP contribution in [-0.4, -0.2) is 16.9 Å². The number of fused-ring (bicyclic) bond motifs is 1. The molecule has 3 aromatic carbocycles. The molecule has 1 aromatic heterocycles. The van der Waals surface area contributed by atoms with Crippen LogP contribution < -0.4 is 10.1 Å². The molecule has 2 N–H and O–H groups in total. The summed E-state index contributed by atoms with van der Waals surface area (Å²) in [5.41, 5.74) is 2.46. The van der Waals surface area contributed by atoms with E-state index in [1.807, 2.05) is 42.5 Å². The number of hydrogen-bond acceptors (Lipinski definition) is 3. The first-order chi connectivity index (χ1) is 13.2. The molecule has 0 saturated heterocycles. The minimum absolute atomic E-state index is 0.196. The Labute approximate surface area is 155 Å². The van der Waals surface area contributed by atoms with Gasteiger partial charge in [-0.15, -0.1) is 0 Å². The van der Waals surface area contributed by atoms with Gasteiger partial charge in [-0.1, -0.05) is 36.4 Å². The van der Waals surface area contributed by atoms with Crippen LogP contribution in [0.4, 0.5) is 5.69 Å². The Morgan fingerprint density at radius 1 is 0.815 bits per heavy atom. The summed E-state index contributed by atoms with van der Waals surface area (Å²) < 4.78 is 5.39. The molecular weight excluding hydrogens is 340 g/mol. The van der Waals surface area contributed by atoms with Crippen LogP contribution in [0.25, 0.3) is 10.9 Å². The molecule has 0 saturated carbocycles. The van der Waals surface area contributed by atoms with Crippen molar-refractivity contribution in [1.29, 1.82) is 0 Å². The van der Waals surface area contributed by atoms with E-state index in [2.05, 4.69) is 10.3 Å².